The fraction of sp³-hybridized carbons (Fsp3) is 0.400. The minimum atomic E-state index is 0.149. The van der Waals surface area contributed by atoms with Crippen molar-refractivity contribution in [1.29, 1.82) is 0 Å². The van der Waals surface area contributed by atoms with E-state index in [0.717, 1.165) is 12.0 Å². The Morgan fingerprint density at radius 1 is 1.00 bits per heavy atom. The van der Waals surface area contributed by atoms with Gasteiger partial charge in [-0.3, -0.25) is 9.59 Å². The van der Waals surface area contributed by atoms with Crippen LogP contribution in [0.4, 0.5) is 0 Å². The maximum atomic E-state index is 12.5. The molecular weight excluding hydrogens is 332 g/mol. The Hall–Kier alpha value is -2.14. The Labute approximate surface area is 153 Å². The highest BCUT2D eigenvalue weighted by atomic mass is 32.1. The van der Waals surface area contributed by atoms with E-state index < -0.39 is 0 Å². The van der Waals surface area contributed by atoms with E-state index in [-0.39, 0.29) is 11.8 Å². The third-order valence-electron chi connectivity index (χ3n) is 4.59. The van der Waals surface area contributed by atoms with Crippen LogP contribution in [0.2, 0.25) is 0 Å². The van der Waals surface area contributed by atoms with Crippen molar-refractivity contribution in [2.24, 2.45) is 0 Å². The molecule has 0 bridgehead atoms. The Kier molecular flexibility index (Phi) is 5.87. The molecule has 2 heterocycles. The Bertz CT molecular complexity index is 719. The monoisotopic (exact) mass is 356 g/mol. The quantitative estimate of drug-likeness (QED) is 0.826. The van der Waals surface area contributed by atoms with Gasteiger partial charge in [-0.05, 0) is 30.4 Å². The van der Waals surface area contributed by atoms with Gasteiger partial charge in [-0.15, -0.1) is 11.3 Å². The van der Waals surface area contributed by atoms with E-state index in [4.69, 9.17) is 0 Å². The molecule has 1 aromatic carbocycles. The van der Waals surface area contributed by atoms with Gasteiger partial charge >= 0.3 is 0 Å². The molecule has 132 valence electrons. The second kappa shape index (κ2) is 8.30. The van der Waals surface area contributed by atoms with Crippen LogP contribution in [0.25, 0.3) is 0 Å². The number of amides is 2. The van der Waals surface area contributed by atoms with Crippen molar-refractivity contribution in [3.05, 3.63) is 57.8 Å². The van der Waals surface area contributed by atoms with Crippen molar-refractivity contribution in [1.82, 2.24) is 9.80 Å². The van der Waals surface area contributed by atoms with E-state index in [1.54, 1.807) is 11.3 Å². The van der Waals surface area contributed by atoms with Gasteiger partial charge in [-0.1, -0.05) is 35.9 Å². The number of carbonyl (C=O) groups excluding carboxylic acids is 2. The van der Waals surface area contributed by atoms with Crippen molar-refractivity contribution >= 4 is 23.2 Å². The lowest BCUT2D eigenvalue weighted by Crippen LogP contribution is -2.51. The molecule has 25 heavy (non-hydrogen) atoms. The second-order valence-corrected chi connectivity index (χ2v) is 7.54. The lowest BCUT2D eigenvalue weighted by atomic mass is 10.1. The van der Waals surface area contributed by atoms with E-state index in [1.165, 1.54) is 10.4 Å². The van der Waals surface area contributed by atoms with Gasteiger partial charge in [0.1, 0.15) is 0 Å². The standard InChI is InChI=1S/C20H24N2O2S/c1-16-4-2-5-17(14-16)15-20(24)22-11-9-21(10-12-22)19(23)8-7-18-6-3-13-25-18/h2-6,13-14H,7-12,15H2,1H3. The van der Waals surface area contributed by atoms with Crippen molar-refractivity contribution in [2.45, 2.75) is 26.2 Å². The Balaban J connectivity index is 1.44. The van der Waals surface area contributed by atoms with Crippen LogP contribution in [0.3, 0.4) is 0 Å². The Morgan fingerprint density at radius 3 is 2.36 bits per heavy atom. The van der Waals surface area contributed by atoms with E-state index in [0.29, 0.717) is 39.0 Å². The van der Waals surface area contributed by atoms with Crippen LogP contribution >= 0.6 is 11.3 Å². The minimum Gasteiger partial charge on any atom is -0.339 e. The summed E-state index contributed by atoms with van der Waals surface area (Å²) in [6.45, 7) is 4.59. The topological polar surface area (TPSA) is 40.6 Å². The third kappa shape index (κ3) is 4.92. The molecular formula is C20H24N2O2S. The molecule has 1 saturated heterocycles. The van der Waals surface area contributed by atoms with Crippen LogP contribution < -0.4 is 0 Å². The first-order valence-electron chi connectivity index (χ1n) is 8.75. The van der Waals surface area contributed by atoms with Crippen LogP contribution in [0, 0.1) is 6.92 Å². The normalized spacial score (nSPS) is 14.6. The van der Waals surface area contributed by atoms with Crippen molar-refractivity contribution in [3.8, 4) is 0 Å². The summed E-state index contributed by atoms with van der Waals surface area (Å²) < 4.78 is 0. The number of aryl methyl sites for hydroxylation is 2. The van der Waals surface area contributed by atoms with Crippen molar-refractivity contribution < 1.29 is 9.59 Å². The van der Waals surface area contributed by atoms with E-state index in [1.807, 2.05) is 46.4 Å². The first-order chi connectivity index (χ1) is 12.1. The molecule has 0 spiro atoms. The van der Waals surface area contributed by atoms with Crippen molar-refractivity contribution in [3.63, 3.8) is 0 Å². The molecule has 0 unspecified atom stereocenters. The highest BCUT2D eigenvalue weighted by molar-refractivity contribution is 7.09. The molecule has 1 fully saturated rings. The van der Waals surface area contributed by atoms with E-state index in [9.17, 15) is 9.59 Å². The number of benzene rings is 1. The van der Waals surface area contributed by atoms with Gasteiger partial charge in [0.2, 0.25) is 11.8 Å². The smallest absolute Gasteiger partial charge is 0.227 e. The number of rotatable bonds is 5. The molecule has 0 radical (unpaired) electrons. The lowest BCUT2D eigenvalue weighted by Gasteiger charge is -2.35. The number of thiophene rings is 1. The summed E-state index contributed by atoms with van der Waals surface area (Å²) in [5.41, 5.74) is 2.23. The van der Waals surface area contributed by atoms with Crippen LogP contribution in [0.5, 0.6) is 0 Å². The molecule has 2 aromatic rings. The fourth-order valence-electron chi connectivity index (χ4n) is 3.16. The maximum absolute atomic E-state index is 12.5. The third-order valence-corrected chi connectivity index (χ3v) is 5.52. The van der Waals surface area contributed by atoms with Crippen LogP contribution in [0.1, 0.15) is 22.4 Å². The molecule has 1 aliphatic heterocycles. The molecule has 0 saturated carbocycles. The van der Waals surface area contributed by atoms with Crippen LogP contribution in [0.15, 0.2) is 41.8 Å². The number of nitrogens with zero attached hydrogens (tertiary/aromatic N) is 2. The Morgan fingerprint density at radius 2 is 1.72 bits per heavy atom. The van der Waals surface area contributed by atoms with Gasteiger partial charge in [0, 0.05) is 37.5 Å². The largest absolute Gasteiger partial charge is 0.339 e. The SMILES string of the molecule is Cc1cccc(CC(=O)N2CCN(C(=O)CCc3cccs3)CC2)c1. The average molecular weight is 356 g/mol. The van der Waals surface area contributed by atoms with Gasteiger partial charge < -0.3 is 9.80 Å². The van der Waals surface area contributed by atoms with Gasteiger partial charge in [-0.25, -0.2) is 0 Å². The molecule has 5 heteroatoms. The van der Waals surface area contributed by atoms with E-state index in [2.05, 4.69) is 12.1 Å². The van der Waals surface area contributed by atoms with Gasteiger partial charge in [-0.2, -0.15) is 0 Å². The summed E-state index contributed by atoms with van der Waals surface area (Å²) in [4.78, 5) is 29.8. The molecule has 1 aliphatic rings. The zero-order valence-electron chi connectivity index (χ0n) is 14.6. The summed E-state index contributed by atoms with van der Waals surface area (Å²) in [6, 6.07) is 12.2. The zero-order chi connectivity index (χ0) is 17.6. The average Bonchev–Trinajstić information content (AvgIpc) is 3.13. The molecule has 4 nitrogen and oxygen atoms in total. The summed E-state index contributed by atoms with van der Waals surface area (Å²) >= 11 is 1.69. The molecule has 1 aromatic heterocycles. The predicted molar refractivity (Wildman–Crippen MR) is 101 cm³/mol. The fourth-order valence-corrected chi connectivity index (χ4v) is 3.87. The summed E-state index contributed by atoms with van der Waals surface area (Å²) in [6.07, 6.45) is 1.80. The van der Waals surface area contributed by atoms with Gasteiger partial charge in [0.25, 0.3) is 0 Å². The molecule has 0 atom stereocenters. The van der Waals surface area contributed by atoms with Crippen molar-refractivity contribution in [2.75, 3.05) is 26.2 Å². The lowest BCUT2D eigenvalue weighted by molar-refractivity contribution is -0.139. The van der Waals surface area contributed by atoms with Gasteiger partial charge in [0.15, 0.2) is 0 Å². The molecule has 0 N–H and O–H groups in total. The first kappa shape index (κ1) is 17.7. The first-order valence-corrected chi connectivity index (χ1v) is 9.63. The number of hydrogen-bond acceptors (Lipinski definition) is 3. The van der Waals surface area contributed by atoms with E-state index >= 15 is 0 Å². The summed E-state index contributed by atoms with van der Waals surface area (Å²) in [5.74, 6) is 0.343. The number of carbonyl (C=O) groups is 2. The highest BCUT2D eigenvalue weighted by Crippen LogP contribution is 2.13. The summed E-state index contributed by atoms with van der Waals surface area (Å²) in [7, 11) is 0. The molecule has 0 aliphatic carbocycles. The second-order valence-electron chi connectivity index (χ2n) is 6.51. The highest BCUT2D eigenvalue weighted by Gasteiger charge is 2.23. The zero-order valence-corrected chi connectivity index (χ0v) is 15.4. The predicted octanol–water partition coefficient (Wildman–Crippen LogP) is 2.90. The maximum Gasteiger partial charge on any atom is 0.227 e. The van der Waals surface area contributed by atoms with Crippen LogP contribution in [-0.2, 0) is 22.4 Å². The van der Waals surface area contributed by atoms with Crippen LogP contribution in [-0.4, -0.2) is 47.8 Å². The molecule has 2 amide bonds. The number of hydrogen-bond donors (Lipinski definition) is 0. The van der Waals surface area contributed by atoms with Gasteiger partial charge in [0.05, 0.1) is 6.42 Å². The number of piperazine rings is 1. The summed E-state index contributed by atoms with van der Waals surface area (Å²) in [5, 5.41) is 2.04. The minimum absolute atomic E-state index is 0.149. The molecule has 3 rings (SSSR count).